The van der Waals surface area contributed by atoms with E-state index in [-0.39, 0.29) is 0 Å². The Morgan fingerprint density at radius 1 is 1.21 bits per heavy atom. The number of hydrogen-bond donors (Lipinski definition) is 2. The number of halogens is 2. The summed E-state index contributed by atoms with van der Waals surface area (Å²) >= 11 is 8.60. The van der Waals surface area contributed by atoms with Gasteiger partial charge in [-0.3, -0.25) is 0 Å². The molecule has 7 heteroatoms. The van der Waals surface area contributed by atoms with Crippen LogP contribution < -0.4 is 11.3 Å². The fourth-order valence-electron chi connectivity index (χ4n) is 2.28. The van der Waals surface area contributed by atoms with Crippen LogP contribution >= 0.6 is 43.2 Å². The predicted molar refractivity (Wildman–Crippen MR) is 85.2 cm³/mol. The summed E-state index contributed by atoms with van der Waals surface area (Å²) < 4.78 is 2.07. The molecule has 2 aromatic rings. The van der Waals surface area contributed by atoms with Crippen LogP contribution in [0.2, 0.25) is 0 Å². The van der Waals surface area contributed by atoms with Crippen molar-refractivity contribution in [2.45, 2.75) is 25.7 Å². The van der Waals surface area contributed by atoms with E-state index in [2.05, 4.69) is 42.3 Å². The average Bonchev–Trinajstić information content (AvgIpc) is 2.77. The van der Waals surface area contributed by atoms with Crippen molar-refractivity contribution in [2.75, 3.05) is 5.43 Å². The molecule has 0 saturated carbocycles. The number of nitrogens with one attached hydrogen (secondary N) is 1. The van der Waals surface area contributed by atoms with Gasteiger partial charge in [0.15, 0.2) is 5.82 Å². The van der Waals surface area contributed by atoms with Gasteiger partial charge >= 0.3 is 0 Å². The van der Waals surface area contributed by atoms with Crippen molar-refractivity contribution in [1.82, 2.24) is 9.97 Å². The molecule has 3 rings (SSSR count). The van der Waals surface area contributed by atoms with Crippen LogP contribution in [0.1, 0.15) is 24.1 Å². The summed E-state index contributed by atoms with van der Waals surface area (Å²) in [4.78, 5) is 10.3. The van der Waals surface area contributed by atoms with Crippen molar-refractivity contribution < 1.29 is 0 Å². The zero-order valence-corrected chi connectivity index (χ0v) is 14.0. The van der Waals surface area contributed by atoms with Gasteiger partial charge in [-0.05, 0) is 63.6 Å². The molecule has 2 heterocycles. The minimum atomic E-state index is 0.741. The molecular weight excluding hydrogens is 392 g/mol. The third kappa shape index (κ3) is 2.56. The van der Waals surface area contributed by atoms with E-state index in [1.54, 1.807) is 11.3 Å². The zero-order valence-electron chi connectivity index (χ0n) is 10.0. The molecule has 100 valence electrons. The Morgan fingerprint density at radius 2 is 2.00 bits per heavy atom. The molecule has 4 nitrogen and oxygen atoms in total. The maximum Gasteiger partial charge on any atom is 0.172 e. The lowest BCUT2D eigenvalue weighted by Gasteiger charge is -2.18. The van der Waals surface area contributed by atoms with Crippen LogP contribution in [0.3, 0.4) is 0 Å². The molecule has 0 spiro atoms. The number of aromatic nitrogens is 2. The first kappa shape index (κ1) is 13.5. The first-order valence-electron chi connectivity index (χ1n) is 6.00. The van der Waals surface area contributed by atoms with Crippen molar-refractivity contribution in [2.24, 2.45) is 5.84 Å². The van der Waals surface area contributed by atoms with E-state index in [1.807, 2.05) is 6.07 Å². The van der Waals surface area contributed by atoms with E-state index < -0.39 is 0 Å². The predicted octanol–water partition coefficient (Wildman–Crippen LogP) is 3.89. The molecule has 0 aromatic carbocycles. The normalized spacial score (nSPS) is 14.3. The van der Waals surface area contributed by atoms with Gasteiger partial charge in [0, 0.05) is 15.7 Å². The van der Waals surface area contributed by atoms with E-state index in [4.69, 9.17) is 10.8 Å². The summed E-state index contributed by atoms with van der Waals surface area (Å²) in [5, 5.41) is 0. The van der Waals surface area contributed by atoms with Crippen LogP contribution in [0, 0.1) is 0 Å². The van der Waals surface area contributed by atoms with Crippen molar-refractivity contribution in [3.63, 3.8) is 0 Å². The molecule has 19 heavy (non-hydrogen) atoms. The molecule has 1 aliphatic carbocycles. The summed E-state index contributed by atoms with van der Waals surface area (Å²) in [6, 6.07) is 2.03. The molecule has 0 unspecified atom stereocenters. The Bertz CT molecular complexity index is 590. The molecule has 0 bridgehead atoms. The third-order valence-electron chi connectivity index (χ3n) is 3.19. The number of nitrogens with two attached hydrogens (primary N) is 1. The van der Waals surface area contributed by atoms with Crippen LogP contribution in [-0.2, 0) is 12.8 Å². The highest BCUT2D eigenvalue weighted by molar-refractivity contribution is 9.13. The SMILES string of the molecule is NNc1nc(-c2cc(Br)c(Br)s2)nc2c1CCCC2. The number of aryl methyl sites for hydroxylation is 1. The first-order valence-corrected chi connectivity index (χ1v) is 8.41. The number of thiophene rings is 1. The molecule has 0 aliphatic heterocycles. The van der Waals surface area contributed by atoms with Gasteiger partial charge in [-0.15, -0.1) is 11.3 Å². The second-order valence-corrected chi connectivity index (χ2v) is 7.63. The second kappa shape index (κ2) is 5.47. The summed E-state index contributed by atoms with van der Waals surface area (Å²) in [7, 11) is 0. The number of nitrogens with zero attached hydrogens (tertiary/aromatic N) is 2. The van der Waals surface area contributed by atoms with E-state index in [0.29, 0.717) is 0 Å². The second-order valence-electron chi connectivity index (χ2n) is 4.40. The fraction of sp³-hybridized carbons (Fsp3) is 0.333. The smallest absolute Gasteiger partial charge is 0.172 e. The van der Waals surface area contributed by atoms with Gasteiger partial charge in [0.1, 0.15) is 5.82 Å². The van der Waals surface area contributed by atoms with Gasteiger partial charge in [-0.25, -0.2) is 15.8 Å². The Morgan fingerprint density at radius 3 is 2.68 bits per heavy atom. The van der Waals surface area contributed by atoms with Gasteiger partial charge in [-0.1, -0.05) is 0 Å². The third-order valence-corrected chi connectivity index (χ3v) is 6.44. The maximum absolute atomic E-state index is 5.60. The van der Waals surface area contributed by atoms with E-state index >= 15 is 0 Å². The quantitative estimate of drug-likeness (QED) is 0.589. The van der Waals surface area contributed by atoms with Crippen LogP contribution in [0.25, 0.3) is 10.7 Å². The van der Waals surface area contributed by atoms with Gasteiger partial charge in [0.05, 0.1) is 8.66 Å². The maximum atomic E-state index is 5.60. The van der Waals surface area contributed by atoms with Gasteiger partial charge in [0.25, 0.3) is 0 Å². The molecule has 0 amide bonds. The van der Waals surface area contributed by atoms with Crippen molar-refractivity contribution in [3.8, 4) is 10.7 Å². The Hall–Kier alpha value is -0.500. The van der Waals surface area contributed by atoms with Crippen LogP contribution in [0.15, 0.2) is 14.3 Å². The van der Waals surface area contributed by atoms with E-state index in [0.717, 1.165) is 43.3 Å². The number of nitrogen functional groups attached to an aromatic ring is 1. The van der Waals surface area contributed by atoms with Gasteiger partial charge in [-0.2, -0.15) is 0 Å². The molecule has 2 aromatic heterocycles. The van der Waals surface area contributed by atoms with Crippen molar-refractivity contribution in [3.05, 3.63) is 25.6 Å². The monoisotopic (exact) mass is 402 g/mol. The van der Waals surface area contributed by atoms with E-state index in [1.165, 1.54) is 18.4 Å². The van der Waals surface area contributed by atoms with Crippen LogP contribution in [0.4, 0.5) is 5.82 Å². The highest BCUT2D eigenvalue weighted by atomic mass is 79.9. The number of fused-ring (bicyclic) bond motifs is 1. The van der Waals surface area contributed by atoms with Crippen LogP contribution in [-0.4, -0.2) is 9.97 Å². The summed E-state index contributed by atoms with van der Waals surface area (Å²) in [5.41, 5.74) is 5.02. The zero-order chi connectivity index (χ0) is 13.4. The summed E-state index contributed by atoms with van der Waals surface area (Å²) in [5.74, 6) is 7.11. The highest BCUT2D eigenvalue weighted by Gasteiger charge is 2.19. The molecule has 0 fully saturated rings. The standard InChI is InChI=1S/C12H12Br2N4S/c13-7-5-9(19-10(7)14)12-16-8-4-2-1-3-6(8)11(17-12)18-15/h5H,1-4,15H2,(H,16,17,18). The number of anilines is 1. The minimum absolute atomic E-state index is 0.741. The molecule has 0 atom stereocenters. The highest BCUT2D eigenvalue weighted by Crippen LogP contribution is 2.38. The lowest BCUT2D eigenvalue weighted by atomic mass is 9.96. The van der Waals surface area contributed by atoms with E-state index in [9.17, 15) is 0 Å². The fourth-order valence-corrected chi connectivity index (χ4v) is 4.25. The molecular formula is C12H12Br2N4S. The lowest BCUT2D eigenvalue weighted by molar-refractivity contribution is 0.665. The van der Waals surface area contributed by atoms with Gasteiger partial charge in [0.2, 0.25) is 0 Å². The average molecular weight is 404 g/mol. The van der Waals surface area contributed by atoms with Crippen LogP contribution in [0.5, 0.6) is 0 Å². The Kier molecular flexibility index (Phi) is 3.88. The number of rotatable bonds is 2. The molecule has 0 radical (unpaired) electrons. The summed E-state index contributed by atoms with van der Waals surface area (Å²) in [6.07, 6.45) is 4.38. The Labute approximate surface area is 132 Å². The van der Waals surface area contributed by atoms with Crippen molar-refractivity contribution in [1.29, 1.82) is 0 Å². The number of hydrogen-bond acceptors (Lipinski definition) is 5. The molecule has 1 aliphatic rings. The Balaban J connectivity index is 2.11. The number of hydrazine groups is 1. The lowest BCUT2D eigenvalue weighted by Crippen LogP contribution is -2.16. The molecule has 0 saturated heterocycles. The van der Waals surface area contributed by atoms with Crippen molar-refractivity contribution >= 4 is 49.0 Å². The molecule has 3 N–H and O–H groups in total. The minimum Gasteiger partial charge on any atom is -0.308 e. The van der Waals surface area contributed by atoms with Gasteiger partial charge < -0.3 is 5.43 Å². The summed E-state index contributed by atoms with van der Waals surface area (Å²) in [6.45, 7) is 0. The largest absolute Gasteiger partial charge is 0.308 e. The first-order chi connectivity index (χ1) is 9.19. The topological polar surface area (TPSA) is 63.8 Å².